The molecule has 1 aliphatic rings. The summed E-state index contributed by atoms with van der Waals surface area (Å²) in [6, 6.07) is 11.2. The molecule has 0 spiro atoms. The number of rotatable bonds is 2. The molecule has 0 N–H and O–H groups in total. The van der Waals surface area contributed by atoms with E-state index in [1.807, 2.05) is 0 Å². The zero-order valence-electron chi connectivity index (χ0n) is 8.69. The molecular weight excluding hydrogens is 172 g/mol. The van der Waals surface area contributed by atoms with E-state index in [0.717, 1.165) is 26.2 Å². The lowest BCUT2D eigenvalue weighted by molar-refractivity contribution is 0.183. The van der Waals surface area contributed by atoms with Gasteiger partial charge in [0.15, 0.2) is 0 Å². The van der Waals surface area contributed by atoms with Crippen molar-refractivity contribution < 1.29 is 0 Å². The van der Waals surface area contributed by atoms with E-state index in [9.17, 15) is 0 Å². The van der Waals surface area contributed by atoms with Crippen LogP contribution in [0, 0.1) is 0 Å². The van der Waals surface area contributed by atoms with Gasteiger partial charge in [-0.25, -0.2) is 5.32 Å². The number of benzene rings is 1. The summed E-state index contributed by atoms with van der Waals surface area (Å²) in [4.78, 5) is 2.50. The average molecular weight is 189 g/mol. The molecule has 2 rings (SSSR count). The molecule has 1 saturated heterocycles. The highest BCUT2D eigenvalue weighted by atomic mass is 15.2. The van der Waals surface area contributed by atoms with E-state index in [4.69, 9.17) is 0 Å². The SMILES string of the molecule is CC(c1ccccc1)N1CC[N]CC1. The first kappa shape index (κ1) is 9.69. The molecule has 1 aromatic carbocycles. The molecule has 2 nitrogen and oxygen atoms in total. The van der Waals surface area contributed by atoms with Crippen molar-refractivity contribution in [1.29, 1.82) is 0 Å². The minimum absolute atomic E-state index is 0.534. The molecule has 2 heteroatoms. The number of nitrogens with zero attached hydrogens (tertiary/aromatic N) is 2. The molecule has 1 atom stereocenters. The third-order valence-electron chi connectivity index (χ3n) is 2.92. The van der Waals surface area contributed by atoms with E-state index < -0.39 is 0 Å². The fourth-order valence-corrected chi connectivity index (χ4v) is 1.95. The molecule has 0 saturated carbocycles. The Morgan fingerprint density at radius 3 is 2.43 bits per heavy atom. The number of hydrogen-bond acceptors (Lipinski definition) is 1. The van der Waals surface area contributed by atoms with Crippen LogP contribution in [-0.2, 0) is 0 Å². The van der Waals surface area contributed by atoms with E-state index in [-0.39, 0.29) is 0 Å². The molecule has 1 fully saturated rings. The van der Waals surface area contributed by atoms with Crippen LogP contribution in [0.2, 0.25) is 0 Å². The maximum Gasteiger partial charge on any atom is 0.0320 e. The van der Waals surface area contributed by atoms with Crippen molar-refractivity contribution in [1.82, 2.24) is 10.2 Å². The standard InChI is InChI=1S/C12H17N2/c1-11(12-5-3-2-4-6-12)14-9-7-13-8-10-14/h2-6,11H,7-10H2,1H3. The van der Waals surface area contributed by atoms with Crippen LogP contribution in [0.15, 0.2) is 30.3 Å². The second kappa shape index (κ2) is 4.58. The van der Waals surface area contributed by atoms with Crippen LogP contribution in [0.5, 0.6) is 0 Å². The van der Waals surface area contributed by atoms with Crippen molar-refractivity contribution in [2.75, 3.05) is 26.2 Å². The fraction of sp³-hybridized carbons (Fsp3) is 0.500. The summed E-state index contributed by atoms with van der Waals surface area (Å²) in [5.74, 6) is 0. The highest BCUT2D eigenvalue weighted by molar-refractivity contribution is 5.18. The van der Waals surface area contributed by atoms with Crippen molar-refractivity contribution in [3.05, 3.63) is 35.9 Å². The van der Waals surface area contributed by atoms with E-state index in [2.05, 4.69) is 47.5 Å². The van der Waals surface area contributed by atoms with Gasteiger partial charge in [0.2, 0.25) is 0 Å². The van der Waals surface area contributed by atoms with Crippen molar-refractivity contribution >= 4 is 0 Å². The van der Waals surface area contributed by atoms with E-state index in [0.29, 0.717) is 6.04 Å². The fourth-order valence-electron chi connectivity index (χ4n) is 1.95. The molecule has 0 amide bonds. The van der Waals surface area contributed by atoms with Crippen molar-refractivity contribution in [2.45, 2.75) is 13.0 Å². The van der Waals surface area contributed by atoms with Gasteiger partial charge in [-0.05, 0) is 12.5 Å². The molecular formula is C12H17N2. The minimum Gasteiger partial charge on any atom is -0.294 e. The number of piperazine rings is 1. The summed E-state index contributed by atoms with van der Waals surface area (Å²) in [5.41, 5.74) is 1.41. The summed E-state index contributed by atoms with van der Waals surface area (Å²) in [5, 5.41) is 4.36. The maximum atomic E-state index is 4.36. The molecule has 0 aliphatic carbocycles. The van der Waals surface area contributed by atoms with Crippen LogP contribution in [0.25, 0.3) is 0 Å². The first-order valence-electron chi connectivity index (χ1n) is 5.30. The summed E-state index contributed by atoms with van der Waals surface area (Å²) in [6.07, 6.45) is 0. The van der Waals surface area contributed by atoms with Gasteiger partial charge in [0.25, 0.3) is 0 Å². The lowest BCUT2D eigenvalue weighted by Crippen LogP contribution is -2.41. The summed E-state index contributed by atoms with van der Waals surface area (Å²) in [7, 11) is 0. The highest BCUT2D eigenvalue weighted by Crippen LogP contribution is 2.19. The van der Waals surface area contributed by atoms with Gasteiger partial charge in [0.05, 0.1) is 0 Å². The minimum atomic E-state index is 0.534. The van der Waals surface area contributed by atoms with Crippen molar-refractivity contribution in [3.63, 3.8) is 0 Å². The van der Waals surface area contributed by atoms with Gasteiger partial charge in [-0.3, -0.25) is 4.90 Å². The Kier molecular flexibility index (Phi) is 3.17. The topological polar surface area (TPSA) is 17.3 Å². The molecule has 1 heterocycles. The Balaban J connectivity index is 2.03. The zero-order chi connectivity index (χ0) is 9.80. The lowest BCUT2D eigenvalue weighted by Gasteiger charge is -2.32. The molecule has 0 bridgehead atoms. The van der Waals surface area contributed by atoms with E-state index in [1.54, 1.807) is 0 Å². The second-order valence-corrected chi connectivity index (χ2v) is 3.79. The lowest BCUT2D eigenvalue weighted by atomic mass is 10.1. The average Bonchev–Trinajstić information content (AvgIpc) is 2.30. The highest BCUT2D eigenvalue weighted by Gasteiger charge is 2.17. The van der Waals surface area contributed by atoms with Gasteiger partial charge >= 0.3 is 0 Å². The van der Waals surface area contributed by atoms with Crippen LogP contribution >= 0.6 is 0 Å². The first-order valence-corrected chi connectivity index (χ1v) is 5.30. The quantitative estimate of drug-likeness (QED) is 0.691. The maximum absolute atomic E-state index is 4.36. The molecule has 0 aromatic heterocycles. The molecule has 1 aliphatic heterocycles. The predicted octanol–water partition coefficient (Wildman–Crippen LogP) is 1.67. The van der Waals surface area contributed by atoms with E-state index >= 15 is 0 Å². The monoisotopic (exact) mass is 189 g/mol. The summed E-state index contributed by atoms with van der Waals surface area (Å²) >= 11 is 0. The van der Waals surface area contributed by atoms with Gasteiger partial charge in [-0.1, -0.05) is 30.3 Å². The van der Waals surface area contributed by atoms with Gasteiger partial charge in [-0.15, -0.1) is 0 Å². The van der Waals surface area contributed by atoms with Crippen molar-refractivity contribution in [2.24, 2.45) is 0 Å². The molecule has 75 valence electrons. The number of hydrogen-bond donors (Lipinski definition) is 0. The van der Waals surface area contributed by atoms with Gasteiger partial charge in [-0.2, -0.15) is 0 Å². The van der Waals surface area contributed by atoms with Crippen LogP contribution in [0.3, 0.4) is 0 Å². The first-order chi connectivity index (χ1) is 6.88. The van der Waals surface area contributed by atoms with Crippen LogP contribution in [0.1, 0.15) is 18.5 Å². The largest absolute Gasteiger partial charge is 0.294 e. The van der Waals surface area contributed by atoms with Gasteiger partial charge < -0.3 is 0 Å². The van der Waals surface area contributed by atoms with Gasteiger partial charge in [0, 0.05) is 32.2 Å². The van der Waals surface area contributed by atoms with Crippen LogP contribution in [-0.4, -0.2) is 31.1 Å². The molecule has 1 radical (unpaired) electrons. The Bertz CT molecular complexity index is 265. The third kappa shape index (κ3) is 2.14. The summed E-state index contributed by atoms with van der Waals surface area (Å²) in [6.45, 7) is 6.49. The van der Waals surface area contributed by atoms with Crippen LogP contribution < -0.4 is 5.32 Å². The Hall–Kier alpha value is -0.860. The smallest absolute Gasteiger partial charge is 0.0320 e. The summed E-state index contributed by atoms with van der Waals surface area (Å²) < 4.78 is 0. The van der Waals surface area contributed by atoms with Gasteiger partial charge in [0.1, 0.15) is 0 Å². The predicted molar refractivity (Wildman–Crippen MR) is 58.3 cm³/mol. The van der Waals surface area contributed by atoms with Crippen LogP contribution in [0.4, 0.5) is 0 Å². The second-order valence-electron chi connectivity index (χ2n) is 3.79. The molecule has 14 heavy (non-hydrogen) atoms. The van der Waals surface area contributed by atoms with Crippen molar-refractivity contribution in [3.8, 4) is 0 Å². The Labute approximate surface area is 85.9 Å². The third-order valence-corrected chi connectivity index (χ3v) is 2.92. The Morgan fingerprint density at radius 1 is 1.14 bits per heavy atom. The van der Waals surface area contributed by atoms with E-state index in [1.165, 1.54) is 5.56 Å². The zero-order valence-corrected chi connectivity index (χ0v) is 8.69. The molecule has 1 aromatic rings. The molecule has 1 unspecified atom stereocenters. The Morgan fingerprint density at radius 2 is 1.79 bits per heavy atom. The normalized spacial score (nSPS) is 20.6.